The van der Waals surface area contributed by atoms with Gasteiger partial charge in [-0.3, -0.25) is 19.2 Å². The van der Waals surface area contributed by atoms with E-state index in [2.05, 4.69) is 13.2 Å². The maximum Gasteiger partial charge on any atom is 0.309 e. The van der Waals surface area contributed by atoms with Crippen molar-refractivity contribution in [3.63, 3.8) is 0 Å². The van der Waals surface area contributed by atoms with Crippen molar-refractivity contribution in [2.45, 2.75) is 70.9 Å². The maximum absolute atomic E-state index is 14.1. The van der Waals surface area contributed by atoms with Crippen LogP contribution in [-0.2, 0) is 30.5 Å². The summed E-state index contributed by atoms with van der Waals surface area (Å²) < 4.78 is 11.2. The van der Waals surface area contributed by atoms with Crippen LogP contribution >= 0.6 is 0 Å². The number of carbonyl (C=O) groups is 4. The highest BCUT2D eigenvalue weighted by Crippen LogP contribution is 2.23. The van der Waals surface area contributed by atoms with Gasteiger partial charge in [-0.2, -0.15) is 0 Å². The van der Waals surface area contributed by atoms with Crippen LogP contribution in [0.3, 0.4) is 0 Å². The van der Waals surface area contributed by atoms with Gasteiger partial charge in [-0.05, 0) is 63.1 Å². The first-order valence-corrected chi connectivity index (χ1v) is 15.8. The minimum Gasteiger partial charge on any atom is -0.491 e. The number of hydrogen-bond donors (Lipinski definition) is 1. The van der Waals surface area contributed by atoms with Crippen LogP contribution in [0.15, 0.2) is 49.6 Å². The molecule has 1 aromatic carbocycles. The molecule has 0 saturated carbocycles. The van der Waals surface area contributed by atoms with E-state index in [1.165, 1.54) is 0 Å². The molecule has 2 aliphatic rings. The van der Waals surface area contributed by atoms with Gasteiger partial charge in [0.25, 0.3) is 0 Å². The van der Waals surface area contributed by atoms with Crippen LogP contribution in [0.25, 0.3) is 0 Å². The topological polar surface area (TPSA) is 117 Å². The van der Waals surface area contributed by atoms with Crippen molar-refractivity contribution in [1.82, 2.24) is 14.7 Å². The van der Waals surface area contributed by atoms with Crippen molar-refractivity contribution in [2.24, 2.45) is 11.8 Å². The molecule has 2 heterocycles. The van der Waals surface area contributed by atoms with E-state index in [1.54, 1.807) is 34.1 Å². The van der Waals surface area contributed by atoms with E-state index < -0.39 is 23.8 Å². The molecule has 2 aliphatic heterocycles. The summed E-state index contributed by atoms with van der Waals surface area (Å²) in [6, 6.07) is 6.72. The Hall–Kier alpha value is -3.66. The van der Waals surface area contributed by atoms with Gasteiger partial charge in [0.15, 0.2) is 0 Å². The molecule has 1 aromatic rings. The van der Waals surface area contributed by atoms with Crippen LogP contribution in [-0.4, -0.2) is 95.5 Å². The summed E-state index contributed by atoms with van der Waals surface area (Å²) in [6.07, 6.45) is 7.96. The molecule has 0 radical (unpaired) electrons. The zero-order chi connectivity index (χ0) is 31.9. The minimum atomic E-state index is -0.644. The molecule has 44 heavy (non-hydrogen) atoms. The van der Waals surface area contributed by atoms with E-state index in [0.717, 1.165) is 31.2 Å². The summed E-state index contributed by atoms with van der Waals surface area (Å²) in [4.78, 5) is 58.2. The van der Waals surface area contributed by atoms with E-state index >= 15 is 0 Å². The quantitative estimate of drug-likeness (QED) is 0.199. The maximum atomic E-state index is 14.1. The lowest BCUT2D eigenvalue weighted by atomic mass is 9.97. The number of benzene rings is 1. The molecule has 2 fully saturated rings. The number of esters is 1. The molecule has 0 bridgehead atoms. The number of aliphatic hydroxyl groups is 1. The van der Waals surface area contributed by atoms with Crippen LogP contribution in [0.5, 0.6) is 5.75 Å². The Balaban J connectivity index is 1.74. The summed E-state index contributed by atoms with van der Waals surface area (Å²) in [6.45, 7) is 12.5. The summed E-state index contributed by atoms with van der Waals surface area (Å²) >= 11 is 0. The second-order valence-electron chi connectivity index (χ2n) is 11.7. The summed E-state index contributed by atoms with van der Waals surface area (Å²) in [5.41, 5.74) is 0.830. The second kappa shape index (κ2) is 18.2. The Morgan fingerprint density at radius 2 is 1.41 bits per heavy atom. The molecular weight excluding hydrogens is 562 g/mol. The van der Waals surface area contributed by atoms with Crippen LogP contribution in [0, 0.1) is 11.8 Å². The van der Waals surface area contributed by atoms with Crippen LogP contribution in [0.4, 0.5) is 0 Å². The van der Waals surface area contributed by atoms with Gasteiger partial charge in [0.1, 0.15) is 19.0 Å². The highest BCUT2D eigenvalue weighted by molar-refractivity contribution is 5.86. The third kappa shape index (κ3) is 10.5. The number of hydrogen-bond acceptors (Lipinski definition) is 7. The first-order valence-electron chi connectivity index (χ1n) is 15.8. The van der Waals surface area contributed by atoms with E-state index in [-0.39, 0.29) is 56.9 Å². The molecule has 10 heteroatoms. The van der Waals surface area contributed by atoms with Gasteiger partial charge in [-0.25, -0.2) is 0 Å². The van der Waals surface area contributed by atoms with Crippen LogP contribution in [0.1, 0.15) is 63.9 Å². The van der Waals surface area contributed by atoms with Gasteiger partial charge in [0, 0.05) is 45.6 Å². The van der Waals surface area contributed by atoms with Crippen LogP contribution in [0.2, 0.25) is 0 Å². The zero-order valence-corrected chi connectivity index (χ0v) is 26.2. The van der Waals surface area contributed by atoms with Crippen molar-refractivity contribution in [1.29, 1.82) is 0 Å². The van der Waals surface area contributed by atoms with Gasteiger partial charge in [0.2, 0.25) is 17.7 Å². The smallest absolute Gasteiger partial charge is 0.309 e. The average Bonchev–Trinajstić information content (AvgIpc) is 3.77. The van der Waals surface area contributed by atoms with Gasteiger partial charge < -0.3 is 29.3 Å². The molecule has 0 aromatic heterocycles. The Labute approximate surface area is 261 Å². The predicted octanol–water partition coefficient (Wildman–Crippen LogP) is 3.73. The highest BCUT2D eigenvalue weighted by Gasteiger charge is 2.32. The number of likely N-dealkylation sites (tertiary alicyclic amines) is 2. The fraction of sp³-hybridized carbons (Fsp3) is 0.588. The highest BCUT2D eigenvalue weighted by atomic mass is 16.5. The SMILES string of the molecule is C=CC[C@@H](CC(=O)N1CCCC1)C(=O)OC[C@H](C)N(Cc1ccc(OCCO)cc1)C(=O)[C@@H](CC=C)CC(=O)N1CCCC1. The summed E-state index contributed by atoms with van der Waals surface area (Å²) in [7, 11) is 0. The molecule has 3 rings (SSSR count). The lowest BCUT2D eigenvalue weighted by Gasteiger charge is -2.33. The second-order valence-corrected chi connectivity index (χ2v) is 11.7. The monoisotopic (exact) mass is 611 g/mol. The fourth-order valence-electron chi connectivity index (χ4n) is 5.70. The molecular formula is C34H49N3O7. The number of rotatable bonds is 18. The third-order valence-electron chi connectivity index (χ3n) is 8.26. The van der Waals surface area contributed by atoms with Gasteiger partial charge in [-0.15, -0.1) is 13.2 Å². The lowest BCUT2D eigenvalue weighted by molar-refractivity contribution is -0.155. The molecule has 0 unspecified atom stereocenters. The van der Waals surface area contributed by atoms with Crippen LogP contribution < -0.4 is 4.74 Å². The fourth-order valence-corrected chi connectivity index (χ4v) is 5.70. The number of ether oxygens (including phenoxy) is 2. The first-order chi connectivity index (χ1) is 21.3. The van der Waals surface area contributed by atoms with Crippen molar-refractivity contribution in [3.05, 3.63) is 55.1 Å². The van der Waals surface area contributed by atoms with Crippen molar-refractivity contribution in [2.75, 3.05) is 46.0 Å². The Morgan fingerprint density at radius 1 is 0.886 bits per heavy atom. The number of allylic oxidation sites excluding steroid dienone is 2. The number of aliphatic hydroxyl groups excluding tert-OH is 1. The van der Waals surface area contributed by atoms with Gasteiger partial charge >= 0.3 is 5.97 Å². The molecule has 1 N–H and O–H groups in total. The lowest BCUT2D eigenvalue weighted by Crippen LogP contribution is -2.45. The minimum absolute atomic E-state index is 0.0398. The molecule has 0 aliphatic carbocycles. The largest absolute Gasteiger partial charge is 0.491 e. The van der Waals surface area contributed by atoms with E-state index in [9.17, 15) is 19.2 Å². The van der Waals surface area contributed by atoms with Crippen molar-refractivity contribution >= 4 is 23.7 Å². The zero-order valence-electron chi connectivity index (χ0n) is 26.2. The normalized spacial score (nSPS) is 16.6. The Bertz CT molecular complexity index is 1110. The Kier molecular flexibility index (Phi) is 14.4. The number of carbonyl (C=O) groups excluding carboxylic acids is 4. The van der Waals surface area contributed by atoms with Crippen molar-refractivity contribution in [3.8, 4) is 5.75 Å². The molecule has 242 valence electrons. The number of nitrogens with zero attached hydrogens (tertiary/aromatic N) is 3. The predicted molar refractivity (Wildman–Crippen MR) is 167 cm³/mol. The first kappa shape index (κ1) is 34.8. The molecule has 3 amide bonds. The van der Waals surface area contributed by atoms with E-state index in [4.69, 9.17) is 14.6 Å². The molecule has 3 atom stereocenters. The third-order valence-corrected chi connectivity index (χ3v) is 8.26. The van der Waals surface area contributed by atoms with Gasteiger partial charge in [0.05, 0.1) is 24.5 Å². The van der Waals surface area contributed by atoms with E-state index in [1.807, 2.05) is 24.0 Å². The van der Waals surface area contributed by atoms with Gasteiger partial charge in [-0.1, -0.05) is 24.3 Å². The Morgan fingerprint density at radius 3 is 1.93 bits per heavy atom. The average molecular weight is 612 g/mol. The number of amides is 3. The van der Waals surface area contributed by atoms with E-state index in [0.29, 0.717) is 44.8 Å². The molecule has 2 saturated heterocycles. The molecule has 10 nitrogen and oxygen atoms in total. The summed E-state index contributed by atoms with van der Waals surface area (Å²) in [5, 5.41) is 9.03. The molecule has 0 spiro atoms. The standard InChI is InChI=1S/C34H49N3O7/c1-4-10-28(22-31(39)35-16-6-7-17-35)33(41)37(24-27-12-14-30(15-13-27)43-21-20-38)26(3)25-44-34(42)29(11-5-2)23-32(40)36-18-8-9-19-36/h4-5,12-15,26,28-29,38H,1-2,6-11,16-25H2,3H3/t26-,28-,29-/m0/s1. The summed E-state index contributed by atoms with van der Waals surface area (Å²) in [5.74, 6) is -1.45. The van der Waals surface area contributed by atoms with Crippen molar-refractivity contribution < 1.29 is 33.8 Å².